The minimum absolute atomic E-state index is 0.191. The number of carbonyl (C=O) groups excluding carboxylic acids is 1. The van der Waals surface area contributed by atoms with Crippen molar-refractivity contribution in [2.75, 3.05) is 6.54 Å². The van der Waals surface area contributed by atoms with E-state index in [1.165, 1.54) is 0 Å². The first-order valence-corrected chi connectivity index (χ1v) is 9.90. The lowest BCUT2D eigenvalue weighted by molar-refractivity contribution is 0.0947. The molecule has 0 fully saturated rings. The van der Waals surface area contributed by atoms with E-state index in [4.69, 9.17) is 11.2 Å². The molecule has 0 radical (unpaired) electrons. The van der Waals surface area contributed by atoms with Crippen LogP contribution in [0.1, 0.15) is 40.9 Å². The molecular weight excluding hydrogens is 378 g/mol. The van der Waals surface area contributed by atoms with Gasteiger partial charge in [-0.2, -0.15) is 10.2 Å². The van der Waals surface area contributed by atoms with Crippen molar-refractivity contribution in [3.8, 4) is 18.1 Å². The number of nitrogens with zero attached hydrogens (tertiary/aromatic N) is 4. The Morgan fingerprint density at radius 2 is 2.03 bits per heavy atom. The van der Waals surface area contributed by atoms with Gasteiger partial charge in [0.1, 0.15) is 18.0 Å². The maximum absolute atomic E-state index is 12.7. The first-order valence-electron chi connectivity index (χ1n) is 9.90. The Balaban J connectivity index is 1.36. The van der Waals surface area contributed by atoms with E-state index in [0.717, 1.165) is 23.3 Å². The largest absolute Gasteiger partial charge is 0.486 e. The van der Waals surface area contributed by atoms with E-state index < -0.39 is 5.66 Å². The summed E-state index contributed by atoms with van der Waals surface area (Å²) in [5.41, 5.74) is 2.89. The highest BCUT2D eigenvalue weighted by Crippen LogP contribution is 2.36. The molecule has 0 spiro atoms. The third kappa shape index (κ3) is 4.49. The van der Waals surface area contributed by atoms with Crippen molar-refractivity contribution in [3.05, 3.63) is 65.6 Å². The fourth-order valence-electron chi connectivity index (χ4n) is 3.30. The average molecular weight is 401 g/mol. The SMILES string of the molecule is C#CCCC1(CCNC(=O)c2ccccc2OCc2cn3cc(C)ccc3n2)N=N1. The molecule has 0 saturated heterocycles. The predicted molar refractivity (Wildman–Crippen MR) is 113 cm³/mol. The second-order valence-corrected chi connectivity index (χ2v) is 7.38. The highest BCUT2D eigenvalue weighted by Gasteiger charge is 2.38. The molecule has 152 valence electrons. The lowest BCUT2D eigenvalue weighted by atomic mass is 10.0. The van der Waals surface area contributed by atoms with Gasteiger partial charge >= 0.3 is 0 Å². The van der Waals surface area contributed by atoms with Crippen LogP contribution in [0.5, 0.6) is 5.75 Å². The van der Waals surface area contributed by atoms with Gasteiger partial charge in [-0.25, -0.2) is 4.98 Å². The lowest BCUT2D eigenvalue weighted by Crippen LogP contribution is -2.28. The van der Waals surface area contributed by atoms with Crippen molar-refractivity contribution in [2.45, 2.75) is 38.5 Å². The van der Waals surface area contributed by atoms with Gasteiger partial charge in [0, 0.05) is 38.2 Å². The summed E-state index contributed by atoms with van der Waals surface area (Å²) < 4.78 is 7.89. The minimum Gasteiger partial charge on any atom is -0.486 e. The summed E-state index contributed by atoms with van der Waals surface area (Å²) in [6, 6.07) is 11.2. The van der Waals surface area contributed by atoms with Crippen molar-refractivity contribution >= 4 is 11.6 Å². The molecule has 3 heterocycles. The number of aromatic nitrogens is 2. The van der Waals surface area contributed by atoms with Crippen LogP contribution in [0, 0.1) is 19.3 Å². The Kier molecular flexibility index (Phi) is 5.48. The summed E-state index contributed by atoms with van der Waals surface area (Å²) in [5.74, 6) is 2.93. The van der Waals surface area contributed by atoms with E-state index in [1.54, 1.807) is 12.1 Å². The van der Waals surface area contributed by atoms with Crippen LogP contribution in [0.4, 0.5) is 0 Å². The van der Waals surface area contributed by atoms with Crippen molar-refractivity contribution < 1.29 is 9.53 Å². The fourth-order valence-corrected chi connectivity index (χ4v) is 3.30. The second-order valence-electron chi connectivity index (χ2n) is 7.38. The van der Waals surface area contributed by atoms with E-state index in [2.05, 4.69) is 26.4 Å². The number of benzene rings is 1. The number of fused-ring (bicyclic) bond motifs is 1. The molecule has 1 aromatic carbocycles. The molecule has 7 nitrogen and oxygen atoms in total. The van der Waals surface area contributed by atoms with E-state index in [-0.39, 0.29) is 12.5 Å². The Hall–Kier alpha value is -3.66. The Labute approximate surface area is 175 Å². The van der Waals surface area contributed by atoms with Gasteiger partial charge in [-0.15, -0.1) is 12.3 Å². The molecule has 1 N–H and O–H groups in total. The zero-order valence-corrected chi connectivity index (χ0v) is 16.8. The first-order chi connectivity index (χ1) is 14.6. The third-order valence-electron chi connectivity index (χ3n) is 5.02. The van der Waals surface area contributed by atoms with Crippen LogP contribution in [-0.4, -0.2) is 27.5 Å². The smallest absolute Gasteiger partial charge is 0.255 e. The Bertz CT molecular complexity index is 1140. The van der Waals surface area contributed by atoms with Crippen molar-refractivity contribution in [2.24, 2.45) is 10.2 Å². The van der Waals surface area contributed by atoms with Crippen LogP contribution in [-0.2, 0) is 6.61 Å². The van der Waals surface area contributed by atoms with Gasteiger partial charge in [0.15, 0.2) is 5.66 Å². The molecule has 1 aliphatic rings. The number of rotatable bonds is 9. The maximum Gasteiger partial charge on any atom is 0.255 e. The molecular formula is C23H23N5O2. The summed E-state index contributed by atoms with van der Waals surface area (Å²) in [7, 11) is 0. The molecule has 3 aromatic rings. The van der Waals surface area contributed by atoms with Crippen LogP contribution in [0.2, 0.25) is 0 Å². The number of imidazole rings is 1. The molecule has 0 bridgehead atoms. The zero-order valence-electron chi connectivity index (χ0n) is 16.8. The molecule has 4 rings (SSSR count). The number of amides is 1. The van der Waals surface area contributed by atoms with Crippen LogP contribution in [0.25, 0.3) is 5.65 Å². The van der Waals surface area contributed by atoms with Gasteiger partial charge in [0.2, 0.25) is 0 Å². The summed E-state index contributed by atoms with van der Waals surface area (Å²) in [5, 5.41) is 11.1. The van der Waals surface area contributed by atoms with Gasteiger partial charge in [-0.1, -0.05) is 18.2 Å². The van der Waals surface area contributed by atoms with Crippen LogP contribution in [0.15, 0.2) is 59.0 Å². The highest BCUT2D eigenvalue weighted by atomic mass is 16.5. The summed E-state index contributed by atoms with van der Waals surface area (Å²) in [6.45, 7) is 2.78. The Morgan fingerprint density at radius 1 is 1.20 bits per heavy atom. The quantitative estimate of drug-likeness (QED) is 0.552. The zero-order chi connectivity index (χ0) is 21.0. The van der Waals surface area contributed by atoms with Crippen molar-refractivity contribution in [1.82, 2.24) is 14.7 Å². The van der Waals surface area contributed by atoms with E-state index in [0.29, 0.717) is 30.7 Å². The minimum atomic E-state index is -0.406. The molecule has 1 amide bonds. The molecule has 2 aromatic heterocycles. The van der Waals surface area contributed by atoms with E-state index >= 15 is 0 Å². The number of ether oxygens (including phenoxy) is 1. The first kappa shape index (κ1) is 19.6. The van der Waals surface area contributed by atoms with Crippen molar-refractivity contribution in [3.63, 3.8) is 0 Å². The monoisotopic (exact) mass is 401 g/mol. The Morgan fingerprint density at radius 3 is 2.83 bits per heavy atom. The van der Waals surface area contributed by atoms with Gasteiger partial charge in [-0.3, -0.25) is 4.79 Å². The van der Waals surface area contributed by atoms with E-state index in [1.807, 2.05) is 48.0 Å². The molecule has 7 heteroatoms. The number of nitrogens with one attached hydrogen (secondary N) is 1. The van der Waals surface area contributed by atoms with Crippen LogP contribution >= 0.6 is 0 Å². The standard InChI is InChI=1S/C23H23N5O2/c1-3-4-11-23(26-27-23)12-13-24-22(29)19-7-5-6-8-20(19)30-16-18-15-28-14-17(2)9-10-21(28)25-18/h1,5-10,14-15H,4,11-13,16H2,2H3,(H,24,29). The lowest BCUT2D eigenvalue weighted by Gasteiger charge is -2.12. The molecule has 1 aliphatic heterocycles. The maximum atomic E-state index is 12.7. The number of terminal acetylenes is 1. The summed E-state index contributed by atoms with van der Waals surface area (Å²) >= 11 is 0. The number of aryl methyl sites for hydroxylation is 1. The van der Waals surface area contributed by atoms with Gasteiger partial charge in [0.25, 0.3) is 5.91 Å². The third-order valence-corrected chi connectivity index (χ3v) is 5.02. The van der Waals surface area contributed by atoms with Gasteiger partial charge in [-0.05, 0) is 30.7 Å². The van der Waals surface area contributed by atoms with Gasteiger partial charge < -0.3 is 14.5 Å². The highest BCUT2D eigenvalue weighted by molar-refractivity contribution is 5.96. The number of hydrogen-bond donors (Lipinski definition) is 1. The molecule has 0 unspecified atom stereocenters. The molecule has 30 heavy (non-hydrogen) atoms. The number of carbonyl (C=O) groups is 1. The van der Waals surface area contributed by atoms with E-state index in [9.17, 15) is 4.79 Å². The van der Waals surface area contributed by atoms with Crippen LogP contribution in [0.3, 0.4) is 0 Å². The van der Waals surface area contributed by atoms with Gasteiger partial charge in [0.05, 0.1) is 11.3 Å². The average Bonchev–Trinajstić information content (AvgIpc) is 3.40. The fraction of sp³-hybridized carbons (Fsp3) is 0.304. The number of para-hydroxylation sites is 1. The normalized spacial score (nSPS) is 13.7. The predicted octanol–water partition coefficient (Wildman–Crippen LogP) is 3.92. The second kappa shape index (κ2) is 8.37. The van der Waals surface area contributed by atoms with Crippen molar-refractivity contribution in [1.29, 1.82) is 0 Å². The molecule has 0 atom stereocenters. The summed E-state index contributed by atoms with van der Waals surface area (Å²) in [6.07, 6.45) is 11.2. The topological polar surface area (TPSA) is 80.3 Å². The number of pyridine rings is 1. The summed E-state index contributed by atoms with van der Waals surface area (Å²) in [4.78, 5) is 17.2. The number of hydrogen-bond acceptors (Lipinski definition) is 5. The molecule has 0 saturated carbocycles. The van der Waals surface area contributed by atoms with Crippen LogP contribution < -0.4 is 10.1 Å². The molecule has 0 aliphatic carbocycles.